The molecule has 1 aliphatic carbocycles. The Balaban J connectivity index is 1.91. The molecule has 1 aromatic heterocycles. The van der Waals surface area contributed by atoms with E-state index >= 15 is 0 Å². The van der Waals surface area contributed by atoms with Crippen molar-refractivity contribution >= 4 is 45.1 Å². The maximum absolute atomic E-state index is 9.61. The molecule has 2 nitrogen and oxygen atoms in total. The van der Waals surface area contributed by atoms with Gasteiger partial charge in [-0.1, -0.05) is 32.9 Å². The van der Waals surface area contributed by atoms with E-state index in [9.17, 15) is 5.26 Å². The van der Waals surface area contributed by atoms with Crippen LogP contribution in [0.25, 0.3) is 0 Å². The van der Waals surface area contributed by atoms with Crippen molar-refractivity contribution in [2.24, 2.45) is 16.3 Å². The second-order valence-corrected chi connectivity index (χ2v) is 9.74. The van der Waals surface area contributed by atoms with E-state index in [1.54, 1.807) is 11.3 Å². The molecule has 0 bridgehead atoms. The zero-order valence-corrected chi connectivity index (χ0v) is 17.2. The molecular weight excluding hydrogens is 427 g/mol. The maximum atomic E-state index is 9.61. The van der Waals surface area contributed by atoms with Gasteiger partial charge in [-0.15, -0.1) is 11.3 Å². The average Bonchev–Trinajstić information content (AvgIpc) is 2.88. The third-order valence-corrected chi connectivity index (χ3v) is 6.60. The molecule has 0 aliphatic heterocycles. The highest BCUT2D eigenvalue weighted by Crippen LogP contribution is 2.44. The Morgan fingerprint density at radius 2 is 2.17 bits per heavy atom. The van der Waals surface area contributed by atoms with E-state index in [2.05, 4.69) is 66.6 Å². The number of halogens is 1. The van der Waals surface area contributed by atoms with Gasteiger partial charge in [0.15, 0.2) is 0 Å². The summed E-state index contributed by atoms with van der Waals surface area (Å²) in [6.45, 7) is 6.95. The number of nitrogens with zero attached hydrogens (tertiary/aromatic N) is 2. The first-order valence-electron chi connectivity index (χ1n) is 8.22. The molecule has 2 aromatic rings. The lowest BCUT2D eigenvalue weighted by atomic mass is 9.72. The molecule has 4 heteroatoms. The molecule has 0 spiro atoms. The van der Waals surface area contributed by atoms with Gasteiger partial charge in [0.25, 0.3) is 0 Å². The minimum Gasteiger partial charge on any atom is -0.244 e. The smallest absolute Gasteiger partial charge is 0.134 e. The van der Waals surface area contributed by atoms with E-state index in [-0.39, 0.29) is 0 Å². The summed E-state index contributed by atoms with van der Waals surface area (Å²) in [5.41, 5.74) is 3.44. The predicted molar refractivity (Wildman–Crippen MR) is 110 cm³/mol. The van der Waals surface area contributed by atoms with Crippen molar-refractivity contribution < 1.29 is 0 Å². The third kappa shape index (κ3) is 3.73. The van der Waals surface area contributed by atoms with Crippen molar-refractivity contribution in [1.82, 2.24) is 0 Å². The van der Waals surface area contributed by atoms with Gasteiger partial charge in [-0.3, -0.25) is 0 Å². The Labute approximate surface area is 161 Å². The molecule has 3 rings (SSSR count). The van der Waals surface area contributed by atoms with Crippen LogP contribution in [0.2, 0.25) is 0 Å². The van der Waals surface area contributed by atoms with Crippen LogP contribution in [-0.2, 0) is 12.8 Å². The second-order valence-electron chi connectivity index (χ2n) is 7.41. The number of hydrogen-bond acceptors (Lipinski definition) is 3. The molecular formula is C20H21IN2S. The SMILES string of the molecule is CC(C)(C)[C@@H]1CCc2c(sc(N=Cc3cccc(I)c3)c2C#N)C1. The summed E-state index contributed by atoms with van der Waals surface area (Å²) in [7, 11) is 0. The first-order valence-corrected chi connectivity index (χ1v) is 10.1. The van der Waals surface area contributed by atoms with E-state index in [0.29, 0.717) is 11.3 Å². The fraction of sp³-hybridized carbons (Fsp3) is 0.400. The van der Waals surface area contributed by atoms with Gasteiger partial charge in [0.2, 0.25) is 0 Å². The molecule has 0 saturated heterocycles. The van der Waals surface area contributed by atoms with E-state index in [4.69, 9.17) is 0 Å². The number of thiophene rings is 1. The largest absolute Gasteiger partial charge is 0.244 e. The van der Waals surface area contributed by atoms with Crippen LogP contribution in [0.4, 0.5) is 5.00 Å². The molecule has 24 heavy (non-hydrogen) atoms. The Kier molecular flexibility index (Phi) is 5.12. The van der Waals surface area contributed by atoms with E-state index < -0.39 is 0 Å². The highest BCUT2D eigenvalue weighted by molar-refractivity contribution is 14.1. The van der Waals surface area contributed by atoms with E-state index in [1.165, 1.54) is 20.4 Å². The Morgan fingerprint density at radius 3 is 2.83 bits per heavy atom. The van der Waals surface area contributed by atoms with Gasteiger partial charge < -0.3 is 0 Å². The Bertz CT molecular complexity index is 821. The Hall–Kier alpha value is -1.19. The highest BCUT2D eigenvalue weighted by Gasteiger charge is 2.32. The lowest BCUT2D eigenvalue weighted by Crippen LogP contribution is -2.26. The minimum atomic E-state index is 0.318. The topological polar surface area (TPSA) is 36.1 Å². The van der Waals surface area contributed by atoms with Gasteiger partial charge >= 0.3 is 0 Å². The van der Waals surface area contributed by atoms with Gasteiger partial charge in [0.1, 0.15) is 11.1 Å². The predicted octanol–water partition coefficient (Wildman–Crippen LogP) is 6.13. The van der Waals surface area contributed by atoms with Gasteiger partial charge in [0.05, 0.1) is 5.56 Å². The molecule has 0 saturated carbocycles. The van der Waals surface area contributed by atoms with Crippen LogP contribution in [0, 0.1) is 26.2 Å². The van der Waals surface area contributed by atoms with Crippen molar-refractivity contribution in [2.75, 3.05) is 0 Å². The van der Waals surface area contributed by atoms with Crippen LogP contribution in [0.1, 0.15) is 48.8 Å². The van der Waals surface area contributed by atoms with Gasteiger partial charge in [-0.25, -0.2) is 4.99 Å². The summed E-state index contributed by atoms with van der Waals surface area (Å²) in [6.07, 6.45) is 5.13. The van der Waals surface area contributed by atoms with Crippen molar-refractivity contribution in [3.05, 3.63) is 49.4 Å². The molecule has 0 unspecified atom stereocenters. The normalized spacial score (nSPS) is 17.7. The molecule has 0 fully saturated rings. The van der Waals surface area contributed by atoms with Crippen LogP contribution < -0.4 is 0 Å². The second kappa shape index (κ2) is 6.97. The summed E-state index contributed by atoms with van der Waals surface area (Å²) in [5.74, 6) is 0.683. The van der Waals surface area contributed by atoms with E-state index in [1.807, 2.05) is 18.3 Å². The van der Waals surface area contributed by atoms with Crippen molar-refractivity contribution in [1.29, 1.82) is 5.26 Å². The minimum absolute atomic E-state index is 0.318. The Morgan fingerprint density at radius 1 is 1.38 bits per heavy atom. The lowest BCUT2D eigenvalue weighted by Gasteiger charge is -2.33. The third-order valence-electron chi connectivity index (χ3n) is 4.76. The molecule has 0 radical (unpaired) electrons. The van der Waals surface area contributed by atoms with Crippen LogP contribution in [0.3, 0.4) is 0 Å². The van der Waals surface area contributed by atoms with Gasteiger partial charge in [0, 0.05) is 14.7 Å². The fourth-order valence-corrected chi connectivity index (χ4v) is 5.03. The number of benzene rings is 1. The van der Waals surface area contributed by atoms with Crippen LogP contribution in [0.5, 0.6) is 0 Å². The summed E-state index contributed by atoms with van der Waals surface area (Å²) in [6, 6.07) is 10.6. The van der Waals surface area contributed by atoms with Crippen LogP contribution in [-0.4, -0.2) is 6.21 Å². The van der Waals surface area contributed by atoms with Crippen molar-refractivity contribution in [3.63, 3.8) is 0 Å². The molecule has 1 aromatic carbocycles. The van der Waals surface area contributed by atoms with Gasteiger partial charge in [-0.2, -0.15) is 5.26 Å². The molecule has 0 amide bonds. The summed E-state index contributed by atoms with van der Waals surface area (Å²) in [4.78, 5) is 6.02. The fourth-order valence-electron chi connectivity index (χ4n) is 3.24. The number of rotatable bonds is 2. The maximum Gasteiger partial charge on any atom is 0.134 e. The molecule has 1 heterocycles. The van der Waals surface area contributed by atoms with E-state index in [0.717, 1.165) is 29.0 Å². The summed E-state index contributed by atoms with van der Waals surface area (Å²) < 4.78 is 1.19. The number of aliphatic imine (C=N–C) groups is 1. The quantitative estimate of drug-likeness (QED) is 0.403. The molecule has 1 atom stereocenters. The number of nitriles is 1. The monoisotopic (exact) mass is 448 g/mol. The lowest BCUT2D eigenvalue weighted by molar-refractivity contribution is 0.218. The zero-order chi connectivity index (χ0) is 17.3. The molecule has 1 aliphatic rings. The number of fused-ring (bicyclic) bond motifs is 1. The van der Waals surface area contributed by atoms with Crippen molar-refractivity contribution in [3.8, 4) is 6.07 Å². The summed E-state index contributed by atoms with van der Waals surface area (Å²) in [5, 5.41) is 10.5. The number of hydrogen-bond donors (Lipinski definition) is 0. The standard InChI is InChI=1S/C20H21IN2S/c1-20(2,3)14-7-8-16-17(11-22)19(24-18(16)10-14)23-12-13-5-4-6-15(21)9-13/h4-6,9,12,14H,7-8,10H2,1-3H3/t14-/m1/s1. The highest BCUT2D eigenvalue weighted by atomic mass is 127. The zero-order valence-electron chi connectivity index (χ0n) is 14.3. The van der Waals surface area contributed by atoms with Crippen LogP contribution in [0.15, 0.2) is 29.3 Å². The first-order chi connectivity index (χ1) is 11.4. The molecule has 0 N–H and O–H groups in total. The first kappa shape index (κ1) is 17.6. The van der Waals surface area contributed by atoms with Crippen molar-refractivity contribution in [2.45, 2.75) is 40.0 Å². The summed E-state index contributed by atoms with van der Waals surface area (Å²) >= 11 is 4.01. The van der Waals surface area contributed by atoms with Crippen LogP contribution >= 0.6 is 33.9 Å². The molecule has 124 valence electrons. The average molecular weight is 448 g/mol. The van der Waals surface area contributed by atoms with Gasteiger partial charge in [-0.05, 0) is 76.4 Å².